The molecular weight excluding hydrogens is 393 g/mol. The summed E-state index contributed by atoms with van der Waals surface area (Å²) in [6.07, 6.45) is 1.18. The number of carbonyl (C=O) groups is 1. The molecule has 152 valence electrons. The Kier molecular flexibility index (Phi) is 5.37. The number of hydrogen-bond acceptors (Lipinski definition) is 7. The van der Waals surface area contributed by atoms with Gasteiger partial charge in [0.05, 0.1) is 12.1 Å². The molecule has 4 heterocycles. The van der Waals surface area contributed by atoms with Crippen molar-refractivity contribution in [1.29, 1.82) is 0 Å². The number of alkyl halides is 1. The summed E-state index contributed by atoms with van der Waals surface area (Å²) in [6.45, 7) is 2.46. The predicted molar refractivity (Wildman–Crippen MR) is 111 cm³/mol. The fourth-order valence-electron chi connectivity index (χ4n) is 3.45. The van der Waals surface area contributed by atoms with E-state index in [1.54, 1.807) is 12.3 Å². The van der Waals surface area contributed by atoms with Gasteiger partial charge in [0.2, 0.25) is 0 Å². The first kappa shape index (κ1) is 19.6. The van der Waals surface area contributed by atoms with Crippen LogP contribution in [0.3, 0.4) is 0 Å². The molecule has 0 spiro atoms. The quantitative estimate of drug-likeness (QED) is 0.708. The van der Waals surface area contributed by atoms with Crippen LogP contribution in [0.4, 0.5) is 15.0 Å². The van der Waals surface area contributed by atoms with Crippen molar-refractivity contribution >= 4 is 34.1 Å². The standard InChI is InChI=1S/C19H22FN7OS/c1-11-24-25-18(29-11)14-5-4-12-9-21-17(8-15(12)22-14)23-19(28)27-7-6-16(26(2)3)13(20)10-27/h4-5,8-9,13,16H,6-7,10H2,1-3H3,(H,21,23,28)/t13-,16-/m0/s1. The van der Waals surface area contributed by atoms with Crippen LogP contribution in [-0.2, 0) is 0 Å². The first-order valence-electron chi connectivity index (χ1n) is 9.34. The van der Waals surface area contributed by atoms with Crippen molar-refractivity contribution in [2.24, 2.45) is 0 Å². The van der Waals surface area contributed by atoms with E-state index in [0.717, 1.165) is 21.1 Å². The number of pyridine rings is 2. The Morgan fingerprint density at radius 2 is 2.17 bits per heavy atom. The van der Waals surface area contributed by atoms with Crippen molar-refractivity contribution in [3.63, 3.8) is 0 Å². The van der Waals surface area contributed by atoms with Crippen LogP contribution in [0.1, 0.15) is 11.4 Å². The number of anilines is 1. The largest absolute Gasteiger partial charge is 0.323 e. The van der Waals surface area contributed by atoms with Crippen LogP contribution >= 0.6 is 11.3 Å². The number of piperidine rings is 1. The van der Waals surface area contributed by atoms with Gasteiger partial charge >= 0.3 is 6.03 Å². The van der Waals surface area contributed by atoms with Crippen LogP contribution in [0, 0.1) is 6.92 Å². The number of aromatic nitrogens is 4. The van der Waals surface area contributed by atoms with Crippen molar-refractivity contribution in [2.75, 3.05) is 32.5 Å². The van der Waals surface area contributed by atoms with Gasteiger partial charge in [0, 0.05) is 30.2 Å². The van der Waals surface area contributed by atoms with E-state index in [4.69, 9.17) is 0 Å². The molecule has 3 aromatic heterocycles. The lowest BCUT2D eigenvalue weighted by atomic mass is 10.0. The number of hydrogen-bond donors (Lipinski definition) is 1. The molecule has 29 heavy (non-hydrogen) atoms. The molecule has 0 radical (unpaired) electrons. The summed E-state index contributed by atoms with van der Waals surface area (Å²) in [5.41, 5.74) is 1.41. The maximum atomic E-state index is 14.4. The highest BCUT2D eigenvalue weighted by atomic mass is 32.1. The maximum Gasteiger partial charge on any atom is 0.323 e. The lowest BCUT2D eigenvalue weighted by Gasteiger charge is -2.37. The number of nitrogens with zero attached hydrogens (tertiary/aromatic N) is 6. The third-order valence-electron chi connectivity index (χ3n) is 5.01. The second kappa shape index (κ2) is 7.96. The average Bonchev–Trinajstić information content (AvgIpc) is 3.13. The molecule has 1 N–H and O–H groups in total. The molecule has 4 rings (SSSR count). The van der Waals surface area contributed by atoms with Gasteiger partial charge in [-0.25, -0.2) is 19.2 Å². The molecule has 1 saturated heterocycles. The normalized spacial score (nSPS) is 19.7. The Morgan fingerprint density at radius 3 is 2.86 bits per heavy atom. The van der Waals surface area contributed by atoms with Crippen molar-refractivity contribution in [1.82, 2.24) is 30.0 Å². The second-order valence-corrected chi connectivity index (χ2v) is 8.48. The molecule has 8 nitrogen and oxygen atoms in total. The van der Waals surface area contributed by atoms with E-state index in [0.29, 0.717) is 24.3 Å². The summed E-state index contributed by atoms with van der Waals surface area (Å²) in [5, 5.41) is 13.4. The fourth-order valence-corrected chi connectivity index (χ4v) is 4.11. The fraction of sp³-hybridized carbons (Fsp3) is 0.421. The van der Waals surface area contributed by atoms with Gasteiger partial charge in [0.25, 0.3) is 0 Å². The van der Waals surface area contributed by atoms with Gasteiger partial charge in [0.1, 0.15) is 22.7 Å². The summed E-state index contributed by atoms with van der Waals surface area (Å²) < 4.78 is 14.4. The van der Waals surface area contributed by atoms with Gasteiger partial charge in [-0.1, -0.05) is 11.3 Å². The Labute approximate surface area is 171 Å². The third kappa shape index (κ3) is 4.18. The molecule has 0 saturated carbocycles. The smallest absolute Gasteiger partial charge is 0.321 e. The predicted octanol–water partition coefficient (Wildman–Crippen LogP) is 2.96. The topological polar surface area (TPSA) is 87.1 Å². The minimum absolute atomic E-state index is 0.0705. The minimum atomic E-state index is -1.08. The molecular formula is C19H22FN7OS. The van der Waals surface area contributed by atoms with E-state index in [-0.39, 0.29) is 18.6 Å². The minimum Gasteiger partial charge on any atom is -0.321 e. The molecule has 0 unspecified atom stereocenters. The highest BCUT2D eigenvalue weighted by Crippen LogP contribution is 2.25. The van der Waals surface area contributed by atoms with E-state index in [1.807, 2.05) is 38.1 Å². The van der Waals surface area contributed by atoms with E-state index < -0.39 is 6.17 Å². The molecule has 1 aliphatic heterocycles. The molecule has 10 heteroatoms. The van der Waals surface area contributed by atoms with Gasteiger partial charge < -0.3 is 9.80 Å². The van der Waals surface area contributed by atoms with Crippen LogP contribution in [0.25, 0.3) is 21.6 Å². The number of likely N-dealkylation sites (tertiary alicyclic amines) is 1. The summed E-state index contributed by atoms with van der Waals surface area (Å²) in [7, 11) is 3.71. The number of fused-ring (bicyclic) bond motifs is 1. The monoisotopic (exact) mass is 415 g/mol. The molecule has 3 aromatic rings. The van der Waals surface area contributed by atoms with Crippen LogP contribution < -0.4 is 5.32 Å². The number of urea groups is 1. The third-order valence-corrected chi connectivity index (χ3v) is 5.87. The molecule has 1 fully saturated rings. The first-order chi connectivity index (χ1) is 13.9. The van der Waals surface area contributed by atoms with E-state index in [2.05, 4.69) is 25.5 Å². The number of nitrogens with one attached hydrogen (secondary N) is 1. The highest BCUT2D eigenvalue weighted by Gasteiger charge is 2.32. The zero-order valence-electron chi connectivity index (χ0n) is 16.5. The van der Waals surface area contributed by atoms with Crippen molar-refractivity contribution in [2.45, 2.75) is 25.6 Å². The van der Waals surface area contributed by atoms with Crippen molar-refractivity contribution < 1.29 is 9.18 Å². The van der Waals surface area contributed by atoms with Gasteiger partial charge in [-0.3, -0.25) is 5.32 Å². The van der Waals surface area contributed by atoms with E-state index >= 15 is 0 Å². The van der Waals surface area contributed by atoms with Crippen molar-refractivity contribution in [3.05, 3.63) is 29.4 Å². The van der Waals surface area contributed by atoms with Gasteiger partial charge in [0.15, 0.2) is 5.01 Å². The van der Waals surface area contributed by atoms with Gasteiger partial charge in [-0.2, -0.15) is 0 Å². The Balaban J connectivity index is 1.50. The SMILES string of the molecule is Cc1nnc(-c2ccc3cnc(NC(=O)N4CC[C@H](N(C)C)[C@@H](F)C4)cc3n2)s1. The summed E-state index contributed by atoms with van der Waals surface area (Å²) in [4.78, 5) is 24.8. The number of carbonyl (C=O) groups excluding carboxylic acids is 1. The van der Waals surface area contributed by atoms with Gasteiger partial charge in [-0.05, 0) is 39.6 Å². The zero-order chi connectivity index (χ0) is 20.5. The summed E-state index contributed by atoms with van der Waals surface area (Å²) >= 11 is 1.47. The molecule has 0 aliphatic carbocycles. The Morgan fingerprint density at radius 1 is 1.34 bits per heavy atom. The Bertz CT molecular complexity index is 1040. The molecule has 2 atom stereocenters. The number of amides is 2. The molecule has 1 aliphatic rings. The van der Waals surface area contributed by atoms with E-state index in [9.17, 15) is 9.18 Å². The average molecular weight is 415 g/mol. The number of rotatable bonds is 3. The number of aryl methyl sites for hydroxylation is 1. The van der Waals surface area contributed by atoms with Crippen LogP contribution in [0.2, 0.25) is 0 Å². The van der Waals surface area contributed by atoms with E-state index in [1.165, 1.54) is 16.2 Å². The molecule has 2 amide bonds. The maximum absolute atomic E-state index is 14.4. The first-order valence-corrected chi connectivity index (χ1v) is 10.2. The van der Waals surface area contributed by atoms with Crippen LogP contribution in [-0.4, -0.2) is 75.4 Å². The van der Waals surface area contributed by atoms with Crippen molar-refractivity contribution in [3.8, 4) is 10.7 Å². The number of halogens is 1. The molecule has 0 aromatic carbocycles. The van der Waals surface area contributed by atoms with Crippen LogP contribution in [0.15, 0.2) is 24.4 Å². The lowest BCUT2D eigenvalue weighted by molar-refractivity contribution is 0.0755. The molecule has 0 bridgehead atoms. The van der Waals surface area contributed by atoms with Crippen LogP contribution in [0.5, 0.6) is 0 Å². The summed E-state index contributed by atoms with van der Waals surface area (Å²) in [5.74, 6) is 0.380. The lowest BCUT2D eigenvalue weighted by Crippen LogP contribution is -2.52. The zero-order valence-corrected chi connectivity index (χ0v) is 17.3. The summed E-state index contributed by atoms with van der Waals surface area (Å²) in [6, 6.07) is 4.98. The second-order valence-electron chi connectivity index (χ2n) is 7.30. The van der Waals surface area contributed by atoms with Gasteiger partial charge in [-0.15, -0.1) is 10.2 Å². The Hall–Kier alpha value is -2.72. The highest BCUT2D eigenvalue weighted by molar-refractivity contribution is 7.14.